The normalized spacial score (nSPS) is 16.8. The molecule has 2 aromatic carbocycles. The van der Waals surface area contributed by atoms with Gasteiger partial charge in [-0.05, 0) is 48.7 Å². The highest BCUT2D eigenvalue weighted by atomic mass is 16.5. The number of aromatic amines is 1. The van der Waals surface area contributed by atoms with E-state index in [1.54, 1.807) is 36.4 Å². The van der Waals surface area contributed by atoms with Gasteiger partial charge in [0.2, 0.25) is 5.91 Å². The van der Waals surface area contributed by atoms with E-state index in [9.17, 15) is 9.59 Å². The second-order valence-electron chi connectivity index (χ2n) is 6.78. The van der Waals surface area contributed by atoms with Crippen molar-refractivity contribution in [1.82, 2.24) is 14.9 Å². The monoisotopic (exact) mass is 375 g/mol. The Morgan fingerprint density at radius 1 is 1.18 bits per heavy atom. The maximum Gasteiger partial charge on any atom is 0.337 e. The van der Waals surface area contributed by atoms with E-state index in [1.165, 1.54) is 7.11 Å². The molecule has 1 saturated heterocycles. The Morgan fingerprint density at radius 2 is 1.96 bits per heavy atom. The Morgan fingerprint density at radius 3 is 2.71 bits per heavy atom. The Bertz CT molecular complexity index is 1000. The average molecular weight is 375 g/mol. The summed E-state index contributed by atoms with van der Waals surface area (Å²) in [6.07, 6.45) is 5.19. The van der Waals surface area contributed by atoms with Crippen LogP contribution >= 0.6 is 0 Å². The summed E-state index contributed by atoms with van der Waals surface area (Å²) in [6.45, 7) is 0.714. The number of esters is 1. The Balaban J connectivity index is 1.49. The highest BCUT2D eigenvalue weighted by Gasteiger charge is 2.31. The van der Waals surface area contributed by atoms with Crippen molar-refractivity contribution >= 4 is 29.0 Å². The summed E-state index contributed by atoms with van der Waals surface area (Å²) in [4.78, 5) is 34.1. The second kappa shape index (κ2) is 7.68. The highest BCUT2D eigenvalue weighted by Crippen LogP contribution is 2.31. The summed E-state index contributed by atoms with van der Waals surface area (Å²) >= 11 is 0. The van der Waals surface area contributed by atoms with Crippen LogP contribution in [0.3, 0.4) is 0 Å². The molecule has 6 heteroatoms. The van der Waals surface area contributed by atoms with Crippen molar-refractivity contribution in [2.75, 3.05) is 13.7 Å². The molecule has 3 aromatic rings. The summed E-state index contributed by atoms with van der Waals surface area (Å²) in [6, 6.07) is 14.8. The predicted octanol–water partition coefficient (Wildman–Crippen LogP) is 3.73. The summed E-state index contributed by atoms with van der Waals surface area (Å²) < 4.78 is 4.69. The number of H-pyrrole nitrogens is 1. The van der Waals surface area contributed by atoms with E-state index in [0.29, 0.717) is 12.1 Å². The zero-order valence-corrected chi connectivity index (χ0v) is 15.6. The minimum atomic E-state index is -0.377. The molecule has 28 heavy (non-hydrogen) atoms. The molecule has 1 fully saturated rings. The Labute approximate surface area is 162 Å². The fraction of sp³-hybridized carbons (Fsp3) is 0.227. The minimum Gasteiger partial charge on any atom is -0.465 e. The van der Waals surface area contributed by atoms with Crippen LogP contribution in [-0.4, -0.2) is 40.4 Å². The number of hydrogen-bond donors (Lipinski definition) is 1. The Kier molecular flexibility index (Phi) is 4.93. The molecule has 142 valence electrons. The van der Waals surface area contributed by atoms with Crippen molar-refractivity contribution < 1.29 is 14.3 Å². The van der Waals surface area contributed by atoms with E-state index >= 15 is 0 Å². The lowest BCUT2D eigenvalue weighted by atomic mass is 10.1. The molecule has 0 bridgehead atoms. The van der Waals surface area contributed by atoms with Gasteiger partial charge in [-0.15, -0.1) is 0 Å². The van der Waals surface area contributed by atoms with Crippen LogP contribution in [0.4, 0.5) is 0 Å². The smallest absolute Gasteiger partial charge is 0.337 e. The number of likely N-dealkylation sites (tertiary alicyclic amines) is 1. The third-order valence-electron chi connectivity index (χ3n) is 5.01. The number of amides is 1. The predicted molar refractivity (Wildman–Crippen MR) is 107 cm³/mol. The number of methoxy groups -OCH3 is 1. The van der Waals surface area contributed by atoms with Gasteiger partial charge in [-0.25, -0.2) is 9.78 Å². The van der Waals surface area contributed by atoms with Gasteiger partial charge in [-0.3, -0.25) is 4.79 Å². The van der Waals surface area contributed by atoms with Gasteiger partial charge in [0.05, 0.1) is 29.7 Å². The molecule has 1 unspecified atom stereocenters. The van der Waals surface area contributed by atoms with Gasteiger partial charge in [0.15, 0.2) is 0 Å². The number of para-hydroxylation sites is 2. The van der Waals surface area contributed by atoms with Crippen molar-refractivity contribution in [3.8, 4) is 0 Å². The van der Waals surface area contributed by atoms with Crippen LogP contribution in [0.1, 0.15) is 40.6 Å². The van der Waals surface area contributed by atoms with Gasteiger partial charge in [0.25, 0.3) is 0 Å². The minimum absolute atomic E-state index is 0.0359. The van der Waals surface area contributed by atoms with Gasteiger partial charge in [0, 0.05) is 12.6 Å². The fourth-order valence-corrected chi connectivity index (χ4v) is 3.56. The molecule has 1 aliphatic rings. The van der Waals surface area contributed by atoms with Crippen LogP contribution < -0.4 is 0 Å². The molecule has 0 saturated carbocycles. The molecule has 6 nitrogen and oxygen atoms in total. The number of ether oxygens (including phenoxy) is 1. The van der Waals surface area contributed by atoms with Crippen molar-refractivity contribution in [1.29, 1.82) is 0 Å². The molecule has 4 rings (SSSR count). The van der Waals surface area contributed by atoms with Crippen LogP contribution in [0.2, 0.25) is 0 Å². The lowest BCUT2D eigenvalue weighted by Gasteiger charge is -2.21. The first-order valence-corrected chi connectivity index (χ1v) is 9.27. The van der Waals surface area contributed by atoms with Crippen molar-refractivity contribution in [3.63, 3.8) is 0 Å². The number of nitrogens with one attached hydrogen (secondary N) is 1. The van der Waals surface area contributed by atoms with Crippen molar-refractivity contribution in [2.45, 2.75) is 18.9 Å². The fourth-order valence-electron chi connectivity index (χ4n) is 3.56. The van der Waals surface area contributed by atoms with Gasteiger partial charge in [-0.1, -0.05) is 24.3 Å². The SMILES string of the molecule is COC(=O)c1ccc(C=CC(=O)N2CCCC2c2nc3ccccc3[nH]2)cc1. The lowest BCUT2D eigenvalue weighted by molar-refractivity contribution is -0.127. The van der Waals surface area contributed by atoms with Gasteiger partial charge in [0.1, 0.15) is 5.82 Å². The van der Waals surface area contributed by atoms with E-state index in [2.05, 4.69) is 9.97 Å². The number of benzene rings is 2. The summed E-state index contributed by atoms with van der Waals surface area (Å²) in [5, 5.41) is 0. The summed E-state index contributed by atoms with van der Waals surface area (Å²) in [5.41, 5.74) is 3.23. The van der Waals surface area contributed by atoms with Gasteiger partial charge >= 0.3 is 5.97 Å². The topological polar surface area (TPSA) is 75.3 Å². The largest absolute Gasteiger partial charge is 0.465 e. The highest BCUT2D eigenvalue weighted by molar-refractivity contribution is 5.93. The number of fused-ring (bicyclic) bond motifs is 1. The summed E-state index contributed by atoms with van der Waals surface area (Å²) in [5.74, 6) is 0.417. The first-order valence-electron chi connectivity index (χ1n) is 9.27. The number of imidazole rings is 1. The lowest BCUT2D eigenvalue weighted by Crippen LogP contribution is -2.29. The molecule has 1 N–H and O–H groups in total. The number of rotatable bonds is 4. The molecule has 1 aromatic heterocycles. The molecular formula is C22H21N3O3. The van der Waals surface area contributed by atoms with Crippen molar-refractivity contribution in [3.05, 3.63) is 71.6 Å². The van der Waals surface area contributed by atoms with Crippen LogP contribution in [0.25, 0.3) is 17.1 Å². The zero-order valence-electron chi connectivity index (χ0n) is 15.6. The molecule has 1 amide bonds. The molecule has 2 heterocycles. The standard InChI is InChI=1S/C22H21N3O3/c1-28-22(27)16-11-8-15(9-12-16)10-13-20(26)25-14-4-7-19(25)21-23-17-5-2-3-6-18(17)24-21/h2-3,5-6,8-13,19H,4,7,14H2,1H3,(H,23,24). The van der Waals surface area contributed by atoms with Crippen LogP contribution in [0.15, 0.2) is 54.6 Å². The zero-order chi connectivity index (χ0) is 19.5. The van der Waals surface area contributed by atoms with E-state index < -0.39 is 0 Å². The summed E-state index contributed by atoms with van der Waals surface area (Å²) in [7, 11) is 1.35. The third-order valence-corrected chi connectivity index (χ3v) is 5.01. The first-order chi connectivity index (χ1) is 13.7. The second-order valence-corrected chi connectivity index (χ2v) is 6.78. The number of hydrogen-bond acceptors (Lipinski definition) is 4. The van der Waals surface area contributed by atoms with Crippen LogP contribution in [-0.2, 0) is 9.53 Å². The molecule has 0 aliphatic carbocycles. The molecule has 1 atom stereocenters. The van der Waals surface area contributed by atoms with E-state index in [4.69, 9.17) is 4.74 Å². The quantitative estimate of drug-likeness (QED) is 0.557. The van der Waals surface area contributed by atoms with E-state index in [0.717, 1.165) is 35.3 Å². The van der Waals surface area contributed by atoms with Crippen molar-refractivity contribution in [2.24, 2.45) is 0 Å². The van der Waals surface area contributed by atoms with Gasteiger partial charge in [-0.2, -0.15) is 0 Å². The molecular weight excluding hydrogens is 354 g/mol. The molecule has 1 aliphatic heterocycles. The van der Waals surface area contributed by atoms with Crippen LogP contribution in [0, 0.1) is 0 Å². The number of carbonyl (C=O) groups is 2. The molecule has 0 spiro atoms. The number of aromatic nitrogens is 2. The maximum atomic E-state index is 12.8. The van der Waals surface area contributed by atoms with Crippen LogP contribution in [0.5, 0.6) is 0 Å². The van der Waals surface area contributed by atoms with E-state index in [-0.39, 0.29) is 17.9 Å². The maximum absolute atomic E-state index is 12.8. The number of carbonyl (C=O) groups excluding carboxylic acids is 2. The average Bonchev–Trinajstić information content (AvgIpc) is 3.38. The molecule has 0 radical (unpaired) electrons. The number of nitrogens with zero attached hydrogens (tertiary/aromatic N) is 2. The third kappa shape index (κ3) is 3.53. The Hall–Kier alpha value is -3.41. The van der Waals surface area contributed by atoms with Gasteiger partial charge < -0.3 is 14.6 Å². The first kappa shape index (κ1) is 18.0. The van der Waals surface area contributed by atoms with E-state index in [1.807, 2.05) is 29.2 Å².